The number of rotatable bonds is 8. The molecule has 0 aliphatic heterocycles. The normalized spacial score (nSPS) is 11.2. The van der Waals surface area contributed by atoms with E-state index < -0.39 is 18.7 Å². The van der Waals surface area contributed by atoms with Crippen LogP contribution >= 0.6 is 11.6 Å². The minimum absolute atomic E-state index is 0.0409. The maximum Gasteiger partial charge on any atom is 0.320 e. The summed E-state index contributed by atoms with van der Waals surface area (Å²) in [6.45, 7) is -5.34. The van der Waals surface area contributed by atoms with Crippen LogP contribution in [0, 0.1) is 0 Å². The number of hydrogen-bond acceptors (Lipinski definition) is 7. The van der Waals surface area contributed by atoms with Gasteiger partial charge in [-0.15, -0.1) is 0 Å². The van der Waals surface area contributed by atoms with E-state index in [1.165, 1.54) is 26.4 Å². The summed E-state index contributed by atoms with van der Waals surface area (Å²) in [4.78, 5) is 26.5. The van der Waals surface area contributed by atoms with Gasteiger partial charge in [-0.2, -0.15) is 22.5 Å². The Hall–Kier alpha value is -5.11. The maximum atomic E-state index is 13.0. The van der Waals surface area contributed by atoms with E-state index >= 15 is 0 Å². The molecule has 4 aromatic heterocycles. The number of nitrogens with zero attached hydrogens (tertiary/aromatic N) is 5. The molecule has 0 atom stereocenters. The summed E-state index contributed by atoms with van der Waals surface area (Å²) < 4.78 is 68.8. The van der Waals surface area contributed by atoms with Crippen molar-refractivity contribution in [3.8, 4) is 28.6 Å². The van der Waals surface area contributed by atoms with E-state index in [2.05, 4.69) is 19.9 Å². The lowest BCUT2D eigenvalue weighted by Gasteiger charge is -2.09. The molecule has 0 unspecified atom stereocenters. The lowest BCUT2D eigenvalue weighted by Crippen LogP contribution is -2.12. The van der Waals surface area contributed by atoms with Gasteiger partial charge in [0.25, 0.3) is 5.56 Å². The summed E-state index contributed by atoms with van der Waals surface area (Å²) in [6, 6.07) is 17.4. The molecular formula is C29H23ClF4N6O4. The number of nitrogens with one attached hydrogen (secondary N) is 1. The fraction of sp³-hybridized carbons (Fsp3) is 0.172. The second kappa shape index (κ2) is 13.0. The van der Waals surface area contributed by atoms with Crippen LogP contribution in [0.3, 0.4) is 0 Å². The second-order valence-electron chi connectivity index (χ2n) is 9.07. The number of aromatic nitrogens is 6. The summed E-state index contributed by atoms with van der Waals surface area (Å²) >= 11 is 5.87. The summed E-state index contributed by atoms with van der Waals surface area (Å²) in [6.07, 6.45) is 1.99. The molecule has 1 N–H and O–H groups in total. The molecule has 6 aromatic rings. The summed E-state index contributed by atoms with van der Waals surface area (Å²) in [5, 5.41) is 0.144. The molecule has 0 saturated heterocycles. The van der Waals surface area contributed by atoms with Crippen LogP contribution in [0.15, 0.2) is 78.1 Å². The van der Waals surface area contributed by atoms with Crippen molar-refractivity contribution < 1.29 is 31.8 Å². The number of fused-ring (bicyclic) bond motifs is 2. The van der Waals surface area contributed by atoms with E-state index in [0.29, 0.717) is 37.4 Å². The van der Waals surface area contributed by atoms with Gasteiger partial charge in [0.05, 0.1) is 30.9 Å². The van der Waals surface area contributed by atoms with Gasteiger partial charge in [-0.25, -0.2) is 9.97 Å². The van der Waals surface area contributed by atoms with E-state index in [1.807, 2.05) is 30.3 Å². The molecule has 0 radical (unpaired) electrons. The Morgan fingerprint density at radius 2 is 1.48 bits per heavy atom. The number of methoxy groups -OCH3 is 2. The molecule has 228 valence electrons. The molecule has 6 rings (SSSR count). The first kappa shape index (κ1) is 30.4. The Morgan fingerprint density at radius 1 is 0.841 bits per heavy atom. The highest BCUT2D eigenvalue weighted by Crippen LogP contribution is 2.32. The van der Waals surface area contributed by atoms with Crippen molar-refractivity contribution in [1.82, 2.24) is 29.1 Å². The van der Waals surface area contributed by atoms with Crippen LogP contribution in [0.4, 0.5) is 17.6 Å². The minimum Gasteiger partial charge on any atom is -0.493 e. The first-order valence-corrected chi connectivity index (χ1v) is 13.2. The number of aromatic amines is 1. The summed E-state index contributed by atoms with van der Waals surface area (Å²) in [5.41, 5.74) is 1.84. The van der Waals surface area contributed by atoms with Crippen molar-refractivity contribution in [1.29, 1.82) is 0 Å². The van der Waals surface area contributed by atoms with E-state index in [9.17, 15) is 22.4 Å². The zero-order valence-corrected chi connectivity index (χ0v) is 23.8. The van der Waals surface area contributed by atoms with Gasteiger partial charge in [-0.3, -0.25) is 13.9 Å². The van der Waals surface area contributed by atoms with E-state index in [0.717, 1.165) is 18.2 Å². The van der Waals surface area contributed by atoms with Gasteiger partial charge in [0.15, 0.2) is 11.5 Å². The first-order chi connectivity index (χ1) is 21.2. The number of ether oxygens (including phenoxy) is 3. The van der Waals surface area contributed by atoms with Crippen LogP contribution in [0.1, 0.15) is 18.7 Å². The molecule has 10 nitrogen and oxygen atoms in total. The summed E-state index contributed by atoms with van der Waals surface area (Å²) in [5.74, 6) is 1.07. The third-order valence-corrected chi connectivity index (χ3v) is 6.58. The maximum absolute atomic E-state index is 13.0. The van der Waals surface area contributed by atoms with Crippen LogP contribution < -0.4 is 19.8 Å². The Kier molecular flexibility index (Phi) is 8.99. The highest BCUT2D eigenvalue weighted by atomic mass is 35.5. The SMILES string of the molecule is COc1ccc(-c2cc3ncn(C(F)F)c3c(=O)[nH]2)cc1OC.FC(F)n1cnc2cc(Cl)nc(OCc3ccccc3)c21. The molecule has 44 heavy (non-hydrogen) atoms. The van der Waals surface area contributed by atoms with Crippen LogP contribution in [-0.4, -0.2) is 43.3 Å². The Morgan fingerprint density at radius 3 is 2.11 bits per heavy atom. The number of halogens is 5. The van der Waals surface area contributed by atoms with Crippen molar-refractivity contribution in [2.75, 3.05) is 14.2 Å². The third kappa shape index (κ3) is 6.29. The average Bonchev–Trinajstić information content (AvgIpc) is 3.66. The minimum atomic E-state index is -2.83. The van der Waals surface area contributed by atoms with Gasteiger partial charge in [0.2, 0.25) is 5.88 Å². The lowest BCUT2D eigenvalue weighted by atomic mass is 10.1. The Balaban J connectivity index is 0.000000175. The van der Waals surface area contributed by atoms with Gasteiger partial charge in [-0.05, 0) is 29.8 Å². The Bertz CT molecular complexity index is 1960. The van der Waals surface area contributed by atoms with Crippen LogP contribution in [0.2, 0.25) is 5.15 Å². The number of hydrogen-bond donors (Lipinski definition) is 1. The molecule has 0 aliphatic rings. The summed E-state index contributed by atoms with van der Waals surface area (Å²) in [7, 11) is 3.01. The monoisotopic (exact) mass is 630 g/mol. The Labute approximate surface area is 251 Å². The van der Waals surface area contributed by atoms with Crippen molar-refractivity contribution in [3.63, 3.8) is 0 Å². The number of H-pyrrole nitrogens is 1. The van der Waals surface area contributed by atoms with E-state index in [4.69, 9.17) is 25.8 Å². The third-order valence-electron chi connectivity index (χ3n) is 6.39. The van der Waals surface area contributed by atoms with E-state index in [-0.39, 0.29) is 34.2 Å². The van der Waals surface area contributed by atoms with Gasteiger partial charge >= 0.3 is 13.1 Å². The molecule has 15 heteroatoms. The fourth-order valence-corrected chi connectivity index (χ4v) is 4.53. The fourth-order valence-electron chi connectivity index (χ4n) is 4.35. The van der Waals surface area contributed by atoms with Crippen LogP contribution in [0.25, 0.3) is 33.3 Å². The van der Waals surface area contributed by atoms with Gasteiger partial charge in [0, 0.05) is 11.6 Å². The standard InChI is InChI=1S/C15H13F2N3O3.C14H10ClF2N3O/c1-22-11-4-3-8(5-12(11)23-2)9-6-10-13(14(21)19-9)20(7-18-10)15(16)17;15-11-6-10-12(20(8-18-10)14(16)17)13(19-11)21-7-9-4-2-1-3-5-9/h3-7,15H,1-2H3,(H,19,21);1-6,8,14H,7H2. The lowest BCUT2D eigenvalue weighted by molar-refractivity contribution is 0.0736. The van der Waals surface area contributed by atoms with Gasteiger partial charge in [0.1, 0.15) is 35.4 Å². The predicted octanol–water partition coefficient (Wildman–Crippen LogP) is 6.86. The van der Waals surface area contributed by atoms with Crippen molar-refractivity contribution in [2.45, 2.75) is 19.7 Å². The van der Waals surface area contributed by atoms with Gasteiger partial charge < -0.3 is 19.2 Å². The molecule has 0 fully saturated rings. The predicted molar refractivity (Wildman–Crippen MR) is 155 cm³/mol. The topological polar surface area (TPSA) is 109 Å². The van der Waals surface area contributed by atoms with Crippen LogP contribution in [0.5, 0.6) is 17.4 Å². The second-order valence-corrected chi connectivity index (χ2v) is 9.45. The highest BCUT2D eigenvalue weighted by Gasteiger charge is 2.18. The zero-order chi connectivity index (χ0) is 31.4. The zero-order valence-electron chi connectivity index (χ0n) is 23.0. The van der Waals surface area contributed by atoms with Crippen molar-refractivity contribution in [3.05, 3.63) is 94.4 Å². The molecule has 4 heterocycles. The highest BCUT2D eigenvalue weighted by molar-refractivity contribution is 6.30. The molecule has 2 aromatic carbocycles. The number of benzene rings is 2. The smallest absolute Gasteiger partial charge is 0.320 e. The van der Waals surface area contributed by atoms with Crippen molar-refractivity contribution >= 4 is 33.7 Å². The molecule has 0 aliphatic carbocycles. The molecule has 0 bridgehead atoms. The average molecular weight is 631 g/mol. The van der Waals surface area contributed by atoms with Gasteiger partial charge in [-0.1, -0.05) is 41.9 Å². The number of imidazole rings is 2. The molecule has 0 amide bonds. The molecule has 0 spiro atoms. The molecule has 0 saturated carbocycles. The quantitative estimate of drug-likeness (QED) is 0.144. The number of pyridine rings is 2. The largest absolute Gasteiger partial charge is 0.493 e. The van der Waals surface area contributed by atoms with Crippen LogP contribution in [-0.2, 0) is 6.61 Å². The molecular weight excluding hydrogens is 608 g/mol. The van der Waals surface area contributed by atoms with E-state index in [1.54, 1.807) is 18.2 Å². The number of alkyl halides is 4. The first-order valence-electron chi connectivity index (χ1n) is 12.8. The van der Waals surface area contributed by atoms with Crippen molar-refractivity contribution in [2.24, 2.45) is 0 Å².